The summed E-state index contributed by atoms with van der Waals surface area (Å²) in [6.07, 6.45) is 4.38. The molecule has 4 N–H and O–H groups in total. The Balaban J connectivity index is 1.38. The number of hydroxylamine groups is 1. The Morgan fingerprint density at radius 3 is 2.72 bits per heavy atom. The normalized spacial score (nSPS) is 13.9. The fraction of sp³-hybridized carbons (Fsp3) is 0.375. The molecular formula is C24H27N7O4S. The van der Waals surface area contributed by atoms with Crippen LogP contribution in [0.25, 0.3) is 32.5 Å². The highest BCUT2D eigenvalue weighted by molar-refractivity contribution is 7.23. The van der Waals surface area contributed by atoms with Crippen molar-refractivity contribution in [3.8, 4) is 11.4 Å². The van der Waals surface area contributed by atoms with Crippen LogP contribution in [0.4, 0.5) is 10.8 Å². The number of rotatable bonds is 9. The van der Waals surface area contributed by atoms with Crippen LogP contribution in [0.1, 0.15) is 32.1 Å². The number of benzene rings is 1. The predicted molar refractivity (Wildman–Crippen MR) is 137 cm³/mol. The summed E-state index contributed by atoms with van der Waals surface area (Å²) in [5.74, 6) is 0.952. The van der Waals surface area contributed by atoms with Crippen LogP contribution < -0.4 is 15.7 Å². The fourth-order valence-corrected chi connectivity index (χ4v) is 5.28. The van der Waals surface area contributed by atoms with Crippen molar-refractivity contribution in [2.24, 2.45) is 0 Å². The molecule has 11 nitrogen and oxygen atoms in total. The van der Waals surface area contributed by atoms with Crippen molar-refractivity contribution >= 4 is 55.1 Å². The lowest BCUT2D eigenvalue weighted by Gasteiger charge is -2.28. The molecule has 36 heavy (non-hydrogen) atoms. The van der Waals surface area contributed by atoms with Crippen molar-refractivity contribution in [2.75, 3.05) is 36.5 Å². The molecule has 1 aliphatic rings. The van der Waals surface area contributed by atoms with Crippen LogP contribution in [0.3, 0.4) is 0 Å². The van der Waals surface area contributed by atoms with E-state index in [-0.39, 0.29) is 12.3 Å². The average molecular weight is 510 g/mol. The molecule has 4 heterocycles. The van der Waals surface area contributed by atoms with E-state index < -0.39 is 5.91 Å². The number of nitrogens with one attached hydrogen (secondary N) is 3. The minimum Gasteiger partial charge on any atom is -0.378 e. The molecule has 12 heteroatoms. The van der Waals surface area contributed by atoms with Gasteiger partial charge >= 0.3 is 0 Å². The Kier molecular flexibility index (Phi) is 7.35. The van der Waals surface area contributed by atoms with Crippen LogP contribution in [0.15, 0.2) is 30.5 Å². The van der Waals surface area contributed by atoms with Crippen molar-refractivity contribution in [3.63, 3.8) is 0 Å². The minimum absolute atomic E-state index is 0.0857. The maximum Gasteiger partial charge on any atom is 0.243 e. The standard InChI is InChI=1S/C24H27N7O4S/c32-19(7-2-1-3-8-20(33)30-34)27-21-13-18-22(36-21)24(31-9-11-35-12-10-31)28-23(26-18)15-5-4-6-17-16(15)14-25-29-17/h4-6,13-14,34H,1-3,7-12H2,(H,25,29)(H,27,32)(H,30,33). The van der Waals surface area contributed by atoms with E-state index in [0.29, 0.717) is 38.3 Å². The van der Waals surface area contributed by atoms with Gasteiger partial charge in [-0.3, -0.25) is 19.9 Å². The number of aromatic nitrogens is 4. The molecular weight excluding hydrogens is 482 g/mol. The Hall–Kier alpha value is -3.61. The molecule has 0 radical (unpaired) electrons. The molecule has 3 aromatic heterocycles. The van der Waals surface area contributed by atoms with Crippen molar-refractivity contribution in [1.82, 2.24) is 25.6 Å². The fourth-order valence-electron chi connectivity index (χ4n) is 4.25. The van der Waals surface area contributed by atoms with Gasteiger partial charge in [-0.15, -0.1) is 11.3 Å². The third-order valence-electron chi connectivity index (χ3n) is 6.09. The topological polar surface area (TPSA) is 145 Å². The van der Waals surface area contributed by atoms with E-state index in [1.54, 1.807) is 11.7 Å². The number of nitrogens with zero attached hydrogens (tertiary/aromatic N) is 4. The molecule has 1 aliphatic heterocycles. The summed E-state index contributed by atoms with van der Waals surface area (Å²) in [7, 11) is 0. The number of hydrogen-bond acceptors (Lipinski definition) is 9. The van der Waals surface area contributed by atoms with Gasteiger partial charge in [0.25, 0.3) is 0 Å². The first-order chi connectivity index (χ1) is 17.6. The zero-order valence-electron chi connectivity index (χ0n) is 19.6. The number of amides is 2. The lowest BCUT2D eigenvalue weighted by molar-refractivity contribution is -0.129. The molecule has 0 saturated carbocycles. The summed E-state index contributed by atoms with van der Waals surface area (Å²) >= 11 is 1.47. The number of thiophene rings is 1. The number of carbonyl (C=O) groups excluding carboxylic acids is 2. The third kappa shape index (κ3) is 5.30. The first-order valence-corrected chi connectivity index (χ1v) is 12.7. The Morgan fingerprint density at radius 1 is 1.11 bits per heavy atom. The molecule has 0 spiro atoms. The Labute approximate surface area is 210 Å². The van der Waals surface area contributed by atoms with Crippen LogP contribution in [0.5, 0.6) is 0 Å². The molecule has 0 unspecified atom stereocenters. The maximum atomic E-state index is 12.5. The molecule has 1 saturated heterocycles. The quantitative estimate of drug-likeness (QED) is 0.152. The SMILES string of the molecule is O=C(CCCCCC(=O)Nc1cc2nc(-c3cccc4[nH]ncc34)nc(N3CCOCC3)c2s1)NO. The second kappa shape index (κ2) is 11.0. The average Bonchev–Trinajstić information content (AvgIpc) is 3.54. The van der Waals surface area contributed by atoms with Crippen molar-refractivity contribution in [3.05, 3.63) is 30.5 Å². The van der Waals surface area contributed by atoms with Crippen molar-refractivity contribution in [2.45, 2.75) is 32.1 Å². The first-order valence-electron chi connectivity index (χ1n) is 11.9. The van der Waals surface area contributed by atoms with E-state index in [4.69, 9.17) is 19.9 Å². The summed E-state index contributed by atoms with van der Waals surface area (Å²) < 4.78 is 6.46. The van der Waals surface area contributed by atoms with Gasteiger partial charge in [0.2, 0.25) is 11.8 Å². The lowest BCUT2D eigenvalue weighted by atomic mass is 10.1. The molecule has 0 aliphatic carbocycles. The van der Waals surface area contributed by atoms with E-state index in [2.05, 4.69) is 20.4 Å². The third-order valence-corrected chi connectivity index (χ3v) is 7.12. The number of hydrogen-bond donors (Lipinski definition) is 4. The molecule has 1 aromatic carbocycles. The Morgan fingerprint density at radius 2 is 1.92 bits per heavy atom. The van der Waals surface area contributed by atoms with Gasteiger partial charge in [0.15, 0.2) is 11.6 Å². The number of fused-ring (bicyclic) bond motifs is 2. The van der Waals surface area contributed by atoms with Gasteiger partial charge in [-0.2, -0.15) is 5.10 Å². The van der Waals surface area contributed by atoms with Crippen LogP contribution in [-0.2, 0) is 14.3 Å². The predicted octanol–water partition coefficient (Wildman–Crippen LogP) is 3.47. The summed E-state index contributed by atoms with van der Waals surface area (Å²) in [5.41, 5.74) is 4.20. The van der Waals surface area contributed by atoms with Gasteiger partial charge in [-0.05, 0) is 25.0 Å². The van der Waals surface area contributed by atoms with Crippen LogP contribution >= 0.6 is 11.3 Å². The number of unbranched alkanes of at least 4 members (excludes halogenated alkanes) is 2. The van der Waals surface area contributed by atoms with Gasteiger partial charge in [0.05, 0.1) is 40.1 Å². The van der Waals surface area contributed by atoms with E-state index >= 15 is 0 Å². The molecule has 0 bridgehead atoms. The molecule has 4 aromatic rings. The molecule has 1 fully saturated rings. The number of H-pyrrole nitrogens is 1. The van der Waals surface area contributed by atoms with Crippen LogP contribution in [0.2, 0.25) is 0 Å². The molecule has 2 amide bonds. The highest BCUT2D eigenvalue weighted by Crippen LogP contribution is 2.38. The molecule has 188 valence electrons. The zero-order valence-corrected chi connectivity index (χ0v) is 20.4. The lowest BCUT2D eigenvalue weighted by Crippen LogP contribution is -2.36. The number of carbonyl (C=O) groups is 2. The molecule has 0 atom stereocenters. The first kappa shape index (κ1) is 24.1. The van der Waals surface area contributed by atoms with E-state index in [1.165, 1.54) is 11.3 Å². The van der Waals surface area contributed by atoms with Gasteiger partial charge in [-0.25, -0.2) is 15.4 Å². The highest BCUT2D eigenvalue weighted by Gasteiger charge is 2.21. The van der Waals surface area contributed by atoms with Crippen LogP contribution in [0, 0.1) is 0 Å². The van der Waals surface area contributed by atoms with Gasteiger partial charge in [-0.1, -0.05) is 18.6 Å². The summed E-state index contributed by atoms with van der Waals surface area (Å²) in [6.45, 7) is 2.73. The monoisotopic (exact) mass is 509 g/mol. The highest BCUT2D eigenvalue weighted by atomic mass is 32.1. The smallest absolute Gasteiger partial charge is 0.243 e. The number of aromatic amines is 1. The van der Waals surface area contributed by atoms with E-state index in [0.717, 1.165) is 57.0 Å². The largest absolute Gasteiger partial charge is 0.378 e. The number of morpholine rings is 1. The van der Waals surface area contributed by atoms with E-state index in [9.17, 15) is 9.59 Å². The van der Waals surface area contributed by atoms with Crippen molar-refractivity contribution in [1.29, 1.82) is 0 Å². The second-order valence-electron chi connectivity index (χ2n) is 8.58. The number of anilines is 2. The van der Waals surface area contributed by atoms with Crippen molar-refractivity contribution < 1.29 is 19.5 Å². The summed E-state index contributed by atoms with van der Waals surface area (Å²) in [4.78, 5) is 35.7. The number of ether oxygens (including phenoxy) is 1. The summed E-state index contributed by atoms with van der Waals surface area (Å²) in [5, 5.41) is 20.4. The van der Waals surface area contributed by atoms with Gasteiger partial charge in [0.1, 0.15) is 0 Å². The minimum atomic E-state index is -0.412. The van der Waals surface area contributed by atoms with Gasteiger partial charge < -0.3 is 15.0 Å². The van der Waals surface area contributed by atoms with E-state index in [1.807, 2.05) is 24.3 Å². The van der Waals surface area contributed by atoms with Crippen LogP contribution in [-0.4, -0.2) is 63.5 Å². The van der Waals surface area contributed by atoms with Gasteiger partial charge in [0, 0.05) is 36.9 Å². The summed E-state index contributed by atoms with van der Waals surface area (Å²) in [6, 6.07) is 7.80. The Bertz CT molecular complexity index is 1380. The maximum absolute atomic E-state index is 12.5. The second-order valence-corrected chi connectivity index (χ2v) is 9.63. The zero-order chi connectivity index (χ0) is 24.9. The molecule has 5 rings (SSSR count).